The van der Waals surface area contributed by atoms with Gasteiger partial charge in [0, 0.05) is 28.5 Å². The Hall–Kier alpha value is -0.750. The summed E-state index contributed by atoms with van der Waals surface area (Å²) < 4.78 is 5.62. The lowest BCUT2D eigenvalue weighted by Gasteiger charge is -2.12. The van der Waals surface area contributed by atoms with Crippen molar-refractivity contribution in [1.29, 1.82) is 0 Å². The van der Waals surface area contributed by atoms with Crippen LogP contribution in [0, 0.1) is 0 Å². The van der Waals surface area contributed by atoms with Crippen LogP contribution in [0.25, 0.3) is 0 Å². The summed E-state index contributed by atoms with van der Waals surface area (Å²) in [7, 11) is 1.77. The molecule has 1 amide bonds. The highest BCUT2D eigenvalue weighted by atomic mass is 35.5. The van der Waals surface area contributed by atoms with Crippen molar-refractivity contribution in [3.05, 3.63) is 22.7 Å². The number of ether oxygens (including phenoxy) is 1. The minimum atomic E-state index is -0.306. The number of thioether (sulfide) groups is 1. The van der Waals surface area contributed by atoms with Crippen molar-refractivity contribution in [1.82, 2.24) is 5.32 Å². The molecular formula is C14H17ClN2O2S. The maximum Gasteiger partial charge on any atom is 0.246 e. The van der Waals surface area contributed by atoms with Crippen molar-refractivity contribution < 1.29 is 9.53 Å². The minimum absolute atomic E-state index is 0.0279. The molecular weight excluding hydrogens is 296 g/mol. The Morgan fingerprint density at radius 1 is 1.55 bits per heavy atom. The first-order valence-corrected chi connectivity index (χ1v) is 8.11. The average Bonchev–Trinajstić information content (AvgIpc) is 3.03. The van der Waals surface area contributed by atoms with Gasteiger partial charge in [-0.05, 0) is 32.0 Å². The van der Waals surface area contributed by atoms with Crippen LogP contribution in [-0.2, 0) is 9.53 Å². The Morgan fingerprint density at radius 2 is 2.40 bits per heavy atom. The van der Waals surface area contributed by atoms with E-state index in [9.17, 15) is 4.79 Å². The lowest BCUT2D eigenvalue weighted by molar-refractivity contribution is -0.117. The fourth-order valence-electron chi connectivity index (χ4n) is 2.62. The van der Waals surface area contributed by atoms with Gasteiger partial charge in [-0.3, -0.25) is 4.79 Å². The second-order valence-electron chi connectivity index (χ2n) is 5.03. The highest BCUT2D eigenvalue weighted by Gasteiger charge is 2.30. The zero-order valence-electron chi connectivity index (χ0n) is 11.2. The number of hydrogen-bond acceptors (Lipinski definition) is 4. The molecule has 0 aliphatic carbocycles. The highest BCUT2D eigenvalue weighted by Crippen LogP contribution is 2.39. The normalized spacial score (nSPS) is 24.8. The van der Waals surface area contributed by atoms with E-state index in [-0.39, 0.29) is 11.9 Å². The third-order valence-corrected chi connectivity index (χ3v) is 5.28. The molecule has 6 heteroatoms. The number of likely N-dealkylation sites (N-methyl/N-ethyl adjacent to an activating group) is 1. The van der Waals surface area contributed by atoms with E-state index in [1.54, 1.807) is 18.8 Å². The van der Waals surface area contributed by atoms with E-state index in [0.717, 1.165) is 41.3 Å². The molecule has 0 saturated carbocycles. The monoisotopic (exact) mass is 312 g/mol. The van der Waals surface area contributed by atoms with Crippen LogP contribution in [0.4, 0.5) is 5.69 Å². The van der Waals surface area contributed by atoms with Crippen molar-refractivity contribution in [2.45, 2.75) is 29.9 Å². The molecule has 0 spiro atoms. The molecule has 0 radical (unpaired) electrons. The van der Waals surface area contributed by atoms with E-state index in [0.29, 0.717) is 11.1 Å². The van der Waals surface area contributed by atoms with Gasteiger partial charge in [0.15, 0.2) is 0 Å². The van der Waals surface area contributed by atoms with Gasteiger partial charge in [-0.25, -0.2) is 0 Å². The number of carbonyl (C=O) groups excluding carboxylic acids is 1. The smallest absolute Gasteiger partial charge is 0.246 e. The molecule has 1 fully saturated rings. The van der Waals surface area contributed by atoms with E-state index in [4.69, 9.17) is 16.3 Å². The maximum atomic E-state index is 11.8. The number of hydrogen-bond donors (Lipinski definition) is 2. The number of carbonyl (C=O) groups is 1. The molecule has 2 unspecified atom stereocenters. The van der Waals surface area contributed by atoms with Gasteiger partial charge in [0.2, 0.25) is 5.91 Å². The molecule has 1 aromatic rings. The number of nitrogens with one attached hydrogen (secondary N) is 2. The summed E-state index contributed by atoms with van der Waals surface area (Å²) in [4.78, 5) is 12.8. The quantitative estimate of drug-likeness (QED) is 0.839. The fraction of sp³-hybridized carbons (Fsp3) is 0.500. The van der Waals surface area contributed by atoms with Crippen LogP contribution in [0.5, 0.6) is 0 Å². The number of rotatable bonds is 4. The van der Waals surface area contributed by atoms with Gasteiger partial charge in [-0.15, -0.1) is 11.8 Å². The van der Waals surface area contributed by atoms with Crippen LogP contribution in [-0.4, -0.2) is 31.4 Å². The van der Waals surface area contributed by atoms with Crippen LogP contribution < -0.4 is 10.6 Å². The Morgan fingerprint density at radius 3 is 3.10 bits per heavy atom. The Balaban J connectivity index is 1.76. The fourth-order valence-corrected chi connectivity index (χ4v) is 3.98. The zero-order chi connectivity index (χ0) is 14.1. The molecule has 1 saturated heterocycles. The van der Waals surface area contributed by atoms with Gasteiger partial charge in [0.25, 0.3) is 0 Å². The topological polar surface area (TPSA) is 50.4 Å². The number of fused-ring (bicyclic) bond motifs is 1. The summed E-state index contributed by atoms with van der Waals surface area (Å²) in [5, 5.41) is 6.58. The largest absolute Gasteiger partial charge is 0.377 e. The molecule has 108 valence electrons. The Labute approximate surface area is 127 Å². The van der Waals surface area contributed by atoms with Gasteiger partial charge in [-0.2, -0.15) is 0 Å². The minimum Gasteiger partial charge on any atom is -0.377 e. The van der Waals surface area contributed by atoms with E-state index < -0.39 is 0 Å². The second kappa shape index (κ2) is 5.93. The van der Waals surface area contributed by atoms with E-state index >= 15 is 0 Å². The molecule has 1 aromatic carbocycles. The standard InChI is InChI=1S/C14H17ClN2O2S/c1-16-13-9-5-10(15)12(6-11(9)17-14(13)18)20-7-8-3-2-4-19-8/h5-6,8,13,16H,2-4,7H2,1H3,(H,17,18). The molecule has 20 heavy (non-hydrogen) atoms. The van der Waals surface area contributed by atoms with Gasteiger partial charge in [0.1, 0.15) is 6.04 Å². The Bertz CT molecular complexity index is 532. The van der Waals surface area contributed by atoms with Gasteiger partial charge >= 0.3 is 0 Å². The summed E-state index contributed by atoms with van der Waals surface area (Å²) in [5.74, 6) is 0.877. The van der Waals surface area contributed by atoms with E-state index in [2.05, 4.69) is 10.6 Å². The molecule has 2 atom stereocenters. The third-order valence-electron chi connectivity index (χ3n) is 3.67. The van der Waals surface area contributed by atoms with E-state index in [1.165, 1.54) is 0 Å². The summed E-state index contributed by atoms with van der Waals surface area (Å²) in [6, 6.07) is 3.54. The van der Waals surface area contributed by atoms with Crippen molar-refractivity contribution >= 4 is 35.0 Å². The number of halogens is 1. The SMILES string of the molecule is CNC1C(=O)Nc2cc(SCC3CCCO3)c(Cl)cc21. The van der Waals surface area contributed by atoms with Gasteiger partial charge < -0.3 is 15.4 Å². The lowest BCUT2D eigenvalue weighted by atomic mass is 10.1. The van der Waals surface area contributed by atoms with Gasteiger partial charge in [0.05, 0.1) is 11.1 Å². The van der Waals surface area contributed by atoms with Crippen LogP contribution in [0.1, 0.15) is 24.4 Å². The first kappa shape index (κ1) is 14.2. The van der Waals surface area contributed by atoms with Crippen molar-refractivity contribution in [2.24, 2.45) is 0 Å². The first-order chi connectivity index (χ1) is 9.69. The van der Waals surface area contributed by atoms with Crippen molar-refractivity contribution in [3.63, 3.8) is 0 Å². The summed E-state index contributed by atoms with van der Waals surface area (Å²) in [6.45, 7) is 0.864. The van der Waals surface area contributed by atoms with Gasteiger partial charge in [-0.1, -0.05) is 11.6 Å². The lowest BCUT2D eigenvalue weighted by Crippen LogP contribution is -2.23. The molecule has 2 heterocycles. The summed E-state index contributed by atoms with van der Waals surface area (Å²) >= 11 is 8.03. The second-order valence-corrected chi connectivity index (χ2v) is 6.50. The third kappa shape index (κ3) is 2.68. The van der Waals surface area contributed by atoms with Crippen LogP contribution in [0.15, 0.2) is 17.0 Å². The summed E-state index contributed by atoms with van der Waals surface area (Å²) in [6.07, 6.45) is 2.58. The number of anilines is 1. The van der Waals surface area contributed by atoms with Crippen molar-refractivity contribution in [3.8, 4) is 0 Å². The predicted octanol–water partition coefficient (Wildman–Crippen LogP) is 2.82. The van der Waals surface area contributed by atoms with Crippen molar-refractivity contribution in [2.75, 3.05) is 24.7 Å². The highest BCUT2D eigenvalue weighted by molar-refractivity contribution is 7.99. The zero-order valence-corrected chi connectivity index (χ0v) is 12.8. The molecule has 0 bridgehead atoms. The summed E-state index contributed by atoms with van der Waals surface area (Å²) in [5.41, 5.74) is 1.78. The Kier molecular flexibility index (Phi) is 4.21. The van der Waals surface area contributed by atoms with Crippen LogP contribution >= 0.6 is 23.4 Å². The first-order valence-electron chi connectivity index (χ1n) is 6.75. The number of amides is 1. The predicted molar refractivity (Wildman–Crippen MR) is 81.6 cm³/mol. The molecule has 2 aliphatic rings. The number of benzene rings is 1. The molecule has 0 aromatic heterocycles. The molecule has 4 nitrogen and oxygen atoms in total. The van der Waals surface area contributed by atoms with Crippen LogP contribution in [0.2, 0.25) is 5.02 Å². The maximum absolute atomic E-state index is 11.8. The average molecular weight is 313 g/mol. The van der Waals surface area contributed by atoms with E-state index in [1.807, 2.05) is 12.1 Å². The molecule has 2 N–H and O–H groups in total. The van der Waals surface area contributed by atoms with Crippen LogP contribution in [0.3, 0.4) is 0 Å². The molecule has 3 rings (SSSR count). The molecule has 2 aliphatic heterocycles.